The van der Waals surface area contributed by atoms with Crippen molar-refractivity contribution in [2.75, 3.05) is 0 Å². The third-order valence-corrected chi connectivity index (χ3v) is 3.21. The first-order valence-corrected chi connectivity index (χ1v) is 5.94. The molecule has 1 aliphatic heterocycles. The fourth-order valence-corrected chi connectivity index (χ4v) is 2.20. The number of rotatable bonds is 2. The Kier molecular flexibility index (Phi) is 2.59. The fourth-order valence-electron chi connectivity index (χ4n) is 2.20. The zero-order chi connectivity index (χ0) is 13.4. The molecule has 2 aromatic rings. The van der Waals surface area contributed by atoms with E-state index in [1.807, 2.05) is 37.3 Å². The van der Waals surface area contributed by atoms with Crippen molar-refractivity contribution in [1.29, 1.82) is 0 Å². The number of imide groups is 1. The summed E-state index contributed by atoms with van der Waals surface area (Å²) in [4.78, 5) is 33.5. The van der Waals surface area contributed by atoms with Gasteiger partial charge in [0.15, 0.2) is 11.4 Å². The Morgan fingerprint density at radius 2 is 1.47 bits per heavy atom. The van der Waals surface area contributed by atoms with Crippen molar-refractivity contribution >= 4 is 11.8 Å². The minimum Gasteiger partial charge on any atom is -0.267 e. The lowest BCUT2D eigenvalue weighted by Crippen LogP contribution is -2.32. The molecule has 5 heteroatoms. The van der Waals surface area contributed by atoms with E-state index in [0.717, 1.165) is 5.56 Å². The zero-order valence-corrected chi connectivity index (χ0v) is 10.3. The molecule has 0 saturated heterocycles. The summed E-state index contributed by atoms with van der Waals surface area (Å²) in [5.74, 6) is -0.770. The van der Waals surface area contributed by atoms with Crippen LogP contribution in [-0.2, 0) is 0 Å². The molecular weight excluding hydrogens is 242 g/mol. The SMILES string of the molecule is C[C@@H](c1ccccc1)N1C(=O)c2nccnc2C1=O. The Labute approximate surface area is 109 Å². The summed E-state index contributed by atoms with van der Waals surface area (Å²) in [6, 6.07) is 9.07. The normalized spacial score (nSPS) is 15.5. The second-order valence-corrected chi connectivity index (χ2v) is 4.32. The molecule has 1 atom stereocenters. The van der Waals surface area contributed by atoms with Crippen molar-refractivity contribution < 1.29 is 9.59 Å². The Balaban J connectivity index is 2.01. The van der Waals surface area contributed by atoms with Gasteiger partial charge >= 0.3 is 0 Å². The highest BCUT2D eigenvalue weighted by atomic mass is 16.2. The van der Waals surface area contributed by atoms with E-state index in [2.05, 4.69) is 9.97 Å². The first kappa shape index (κ1) is 11.5. The third-order valence-electron chi connectivity index (χ3n) is 3.21. The highest BCUT2D eigenvalue weighted by molar-refractivity contribution is 6.19. The van der Waals surface area contributed by atoms with Crippen molar-refractivity contribution in [3.63, 3.8) is 0 Å². The molecule has 1 aromatic carbocycles. The standard InChI is InChI=1S/C14H11N3O2/c1-9(10-5-3-2-4-6-10)17-13(18)11-12(14(17)19)16-8-7-15-11/h2-9H,1H3/t9-/m0/s1. The van der Waals surface area contributed by atoms with Gasteiger partial charge in [0.25, 0.3) is 11.8 Å². The van der Waals surface area contributed by atoms with Gasteiger partial charge in [-0.1, -0.05) is 30.3 Å². The van der Waals surface area contributed by atoms with Gasteiger partial charge in [0.2, 0.25) is 0 Å². The van der Waals surface area contributed by atoms with Crippen molar-refractivity contribution in [2.24, 2.45) is 0 Å². The van der Waals surface area contributed by atoms with Crippen LogP contribution in [-0.4, -0.2) is 26.7 Å². The molecule has 2 amide bonds. The summed E-state index contributed by atoms with van der Waals surface area (Å²) in [5.41, 5.74) is 1.17. The lowest BCUT2D eigenvalue weighted by Gasteiger charge is -2.22. The third kappa shape index (κ3) is 1.71. The van der Waals surface area contributed by atoms with Gasteiger partial charge in [-0.2, -0.15) is 0 Å². The first-order valence-electron chi connectivity index (χ1n) is 5.94. The van der Waals surface area contributed by atoms with E-state index < -0.39 is 0 Å². The van der Waals surface area contributed by atoms with E-state index in [9.17, 15) is 9.59 Å². The summed E-state index contributed by atoms with van der Waals surface area (Å²) in [7, 11) is 0. The van der Waals surface area contributed by atoms with Gasteiger partial charge in [0.1, 0.15) is 0 Å². The summed E-state index contributed by atoms with van der Waals surface area (Å²) in [5, 5.41) is 0. The number of nitrogens with zero attached hydrogens (tertiary/aromatic N) is 3. The molecule has 1 aromatic heterocycles. The molecule has 2 heterocycles. The van der Waals surface area contributed by atoms with Gasteiger partial charge in [-0.15, -0.1) is 0 Å². The monoisotopic (exact) mass is 253 g/mol. The second-order valence-electron chi connectivity index (χ2n) is 4.32. The molecule has 5 nitrogen and oxygen atoms in total. The largest absolute Gasteiger partial charge is 0.282 e. The van der Waals surface area contributed by atoms with Crippen LogP contribution in [0.2, 0.25) is 0 Å². The number of hydrogen-bond acceptors (Lipinski definition) is 4. The molecule has 0 bridgehead atoms. The maximum atomic E-state index is 12.2. The molecule has 0 spiro atoms. The topological polar surface area (TPSA) is 63.2 Å². The molecule has 0 N–H and O–H groups in total. The Bertz CT molecular complexity index is 620. The van der Waals surface area contributed by atoms with Crippen molar-refractivity contribution in [1.82, 2.24) is 14.9 Å². The fraction of sp³-hybridized carbons (Fsp3) is 0.143. The quantitative estimate of drug-likeness (QED) is 0.766. The lowest BCUT2D eigenvalue weighted by molar-refractivity contribution is 0.0591. The van der Waals surface area contributed by atoms with E-state index in [-0.39, 0.29) is 29.2 Å². The maximum absolute atomic E-state index is 12.2. The van der Waals surface area contributed by atoms with Crippen LogP contribution < -0.4 is 0 Å². The predicted octanol–water partition coefficient (Wildman–Crippen LogP) is 1.83. The van der Waals surface area contributed by atoms with Crippen LogP contribution >= 0.6 is 0 Å². The van der Waals surface area contributed by atoms with Crippen LogP contribution in [0.15, 0.2) is 42.7 Å². The number of hydrogen-bond donors (Lipinski definition) is 0. The van der Waals surface area contributed by atoms with Gasteiger partial charge < -0.3 is 0 Å². The van der Waals surface area contributed by atoms with E-state index in [0.29, 0.717) is 0 Å². The smallest absolute Gasteiger partial charge is 0.267 e. The van der Waals surface area contributed by atoms with Crippen LogP contribution in [0.4, 0.5) is 0 Å². The number of fused-ring (bicyclic) bond motifs is 1. The van der Waals surface area contributed by atoms with Gasteiger partial charge in [-0.25, -0.2) is 9.97 Å². The predicted molar refractivity (Wildman–Crippen MR) is 67.4 cm³/mol. The average Bonchev–Trinajstić information content (AvgIpc) is 2.72. The van der Waals surface area contributed by atoms with Gasteiger partial charge in [-0.05, 0) is 12.5 Å². The number of carbonyl (C=O) groups is 2. The van der Waals surface area contributed by atoms with E-state index in [1.54, 1.807) is 0 Å². The van der Waals surface area contributed by atoms with Crippen LogP contribution in [0.25, 0.3) is 0 Å². The molecular formula is C14H11N3O2. The van der Waals surface area contributed by atoms with Crippen molar-refractivity contribution in [3.8, 4) is 0 Å². The Morgan fingerprint density at radius 1 is 0.947 bits per heavy atom. The van der Waals surface area contributed by atoms with Gasteiger partial charge in [0, 0.05) is 12.4 Å². The maximum Gasteiger partial charge on any atom is 0.282 e. The van der Waals surface area contributed by atoms with Crippen molar-refractivity contribution in [3.05, 3.63) is 59.7 Å². The molecule has 0 radical (unpaired) electrons. The lowest BCUT2D eigenvalue weighted by atomic mass is 10.1. The first-order chi connectivity index (χ1) is 9.20. The van der Waals surface area contributed by atoms with Crippen LogP contribution in [0, 0.1) is 0 Å². The van der Waals surface area contributed by atoms with Crippen LogP contribution in [0.3, 0.4) is 0 Å². The molecule has 0 saturated carbocycles. The van der Waals surface area contributed by atoms with Crippen LogP contribution in [0.1, 0.15) is 39.5 Å². The van der Waals surface area contributed by atoms with Gasteiger partial charge in [-0.3, -0.25) is 14.5 Å². The molecule has 1 aliphatic rings. The van der Waals surface area contributed by atoms with E-state index in [4.69, 9.17) is 0 Å². The summed E-state index contributed by atoms with van der Waals surface area (Å²) < 4.78 is 0. The summed E-state index contributed by atoms with van der Waals surface area (Å²) >= 11 is 0. The number of aromatic nitrogens is 2. The molecule has 0 aliphatic carbocycles. The highest BCUT2D eigenvalue weighted by Gasteiger charge is 2.41. The second kappa shape index (κ2) is 4.28. The van der Waals surface area contributed by atoms with E-state index in [1.165, 1.54) is 17.3 Å². The molecule has 0 fully saturated rings. The minimum absolute atomic E-state index is 0.135. The minimum atomic E-state index is -0.385. The molecule has 94 valence electrons. The van der Waals surface area contributed by atoms with Crippen molar-refractivity contribution in [2.45, 2.75) is 13.0 Å². The Hall–Kier alpha value is -2.56. The Morgan fingerprint density at radius 3 is 2.00 bits per heavy atom. The number of benzene rings is 1. The molecule has 0 unspecified atom stereocenters. The zero-order valence-electron chi connectivity index (χ0n) is 10.3. The average molecular weight is 253 g/mol. The van der Waals surface area contributed by atoms with Gasteiger partial charge in [0.05, 0.1) is 6.04 Å². The van der Waals surface area contributed by atoms with Crippen LogP contribution in [0.5, 0.6) is 0 Å². The summed E-state index contributed by atoms with van der Waals surface area (Å²) in [6.07, 6.45) is 2.83. The molecule has 19 heavy (non-hydrogen) atoms. The van der Waals surface area contributed by atoms with E-state index >= 15 is 0 Å². The number of carbonyl (C=O) groups excluding carboxylic acids is 2. The number of amides is 2. The molecule has 3 rings (SSSR count). The summed E-state index contributed by atoms with van der Waals surface area (Å²) in [6.45, 7) is 1.82. The highest BCUT2D eigenvalue weighted by Crippen LogP contribution is 2.28.